The highest BCUT2D eigenvalue weighted by Gasteiger charge is 2.51. The first-order valence-electron chi connectivity index (χ1n) is 12.7. The normalized spacial score (nSPS) is 22.2. The summed E-state index contributed by atoms with van der Waals surface area (Å²) in [6, 6.07) is 24.9. The molecule has 10 nitrogen and oxygen atoms in total. The quantitative estimate of drug-likeness (QED) is 0.281. The fourth-order valence-corrected chi connectivity index (χ4v) is 4.20. The number of hydrogen-bond acceptors (Lipinski definition) is 10. The average molecular weight is 551 g/mol. The Labute approximate surface area is 231 Å². The van der Waals surface area contributed by atoms with Gasteiger partial charge in [0.15, 0.2) is 18.5 Å². The number of aliphatic hydroxyl groups is 1. The van der Waals surface area contributed by atoms with Crippen LogP contribution in [-0.4, -0.2) is 80.7 Å². The predicted molar refractivity (Wildman–Crippen MR) is 141 cm³/mol. The fourth-order valence-electron chi connectivity index (χ4n) is 4.20. The molecular formula is C30H30O10. The zero-order valence-electron chi connectivity index (χ0n) is 21.8. The second-order valence-corrected chi connectivity index (χ2v) is 8.77. The lowest BCUT2D eigenvalue weighted by atomic mass is 9.98. The van der Waals surface area contributed by atoms with Crippen LogP contribution in [0, 0.1) is 0 Å². The van der Waals surface area contributed by atoms with Gasteiger partial charge in [-0.2, -0.15) is 0 Å². The van der Waals surface area contributed by atoms with Gasteiger partial charge in [-0.15, -0.1) is 0 Å². The van der Waals surface area contributed by atoms with Crippen LogP contribution in [0.3, 0.4) is 0 Å². The minimum atomic E-state index is -1.22. The van der Waals surface area contributed by atoms with Gasteiger partial charge in [0.25, 0.3) is 0 Å². The minimum Gasteiger partial charge on any atom is -0.459 e. The molecule has 0 bridgehead atoms. The van der Waals surface area contributed by atoms with E-state index in [9.17, 15) is 19.5 Å². The summed E-state index contributed by atoms with van der Waals surface area (Å²) in [4.78, 5) is 38.8. The van der Waals surface area contributed by atoms with Crippen LogP contribution in [0.1, 0.15) is 31.1 Å². The van der Waals surface area contributed by atoms with Crippen molar-refractivity contribution >= 4 is 17.9 Å². The van der Waals surface area contributed by atoms with Crippen LogP contribution in [0.25, 0.3) is 0 Å². The topological polar surface area (TPSA) is 127 Å². The molecule has 4 rings (SSSR count). The molecule has 1 aliphatic heterocycles. The van der Waals surface area contributed by atoms with Gasteiger partial charge in [-0.1, -0.05) is 54.6 Å². The summed E-state index contributed by atoms with van der Waals surface area (Å²) in [6.07, 6.45) is -5.82. The summed E-state index contributed by atoms with van der Waals surface area (Å²) >= 11 is 0. The van der Waals surface area contributed by atoms with Crippen molar-refractivity contribution in [3.63, 3.8) is 0 Å². The van der Waals surface area contributed by atoms with E-state index < -0.39 is 48.6 Å². The lowest BCUT2D eigenvalue weighted by molar-refractivity contribution is -0.300. The van der Waals surface area contributed by atoms with Crippen molar-refractivity contribution in [1.82, 2.24) is 0 Å². The van der Waals surface area contributed by atoms with Crippen molar-refractivity contribution in [3.05, 3.63) is 108 Å². The van der Waals surface area contributed by atoms with E-state index >= 15 is 0 Å². The Morgan fingerprint density at radius 3 is 1.65 bits per heavy atom. The highest BCUT2D eigenvalue weighted by molar-refractivity contribution is 5.90. The van der Waals surface area contributed by atoms with Crippen LogP contribution in [0.2, 0.25) is 0 Å². The number of ether oxygens (including phenoxy) is 6. The van der Waals surface area contributed by atoms with E-state index in [0.29, 0.717) is 5.56 Å². The molecule has 0 unspecified atom stereocenters. The molecule has 1 aliphatic rings. The molecule has 1 saturated heterocycles. The summed E-state index contributed by atoms with van der Waals surface area (Å²) in [5.41, 5.74) is 0.854. The van der Waals surface area contributed by atoms with E-state index in [2.05, 4.69) is 0 Å². The van der Waals surface area contributed by atoms with Gasteiger partial charge in [-0.05, 0) is 36.4 Å². The number of aliphatic hydroxyl groups excluding tert-OH is 1. The van der Waals surface area contributed by atoms with Crippen LogP contribution >= 0.6 is 0 Å². The second-order valence-electron chi connectivity index (χ2n) is 8.77. The molecule has 5 atom stereocenters. The molecule has 10 heteroatoms. The minimum absolute atomic E-state index is 0.170. The number of carbonyl (C=O) groups is 3. The van der Waals surface area contributed by atoms with Crippen LogP contribution in [-0.2, 0) is 28.4 Å². The molecule has 0 saturated carbocycles. The Morgan fingerprint density at radius 2 is 1.18 bits per heavy atom. The maximum Gasteiger partial charge on any atom is 0.338 e. The Hall–Kier alpha value is -4.09. The maximum atomic E-state index is 13.1. The number of hydrogen-bond donors (Lipinski definition) is 1. The monoisotopic (exact) mass is 550 g/mol. The average Bonchev–Trinajstić information content (AvgIpc) is 3.01. The molecule has 1 heterocycles. The molecule has 0 aliphatic carbocycles. The van der Waals surface area contributed by atoms with Gasteiger partial charge in [0.1, 0.15) is 18.8 Å². The van der Waals surface area contributed by atoms with Crippen molar-refractivity contribution in [2.45, 2.75) is 30.7 Å². The smallest absolute Gasteiger partial charge is 0.338 e. The van der Waals surface area contributed by atoms with Crippen LogP contribution in [0.5, 0.6) is 0 Å². The Kier molecular flexibility index (Phi) is 10.4. The van der Waals surface area contributed by atoms with E-state index in [1.807, 2.05) is 0 Å². The summed E-state index contributed by atoms with van der Waals surface area (Å²) in [5, 5.41) is 9.51. The van der Waals surface area contributed by atoms with Gasteiger partial charge >= 0.3 is 17.9 Å². The SMILES string of the molecule is CO[C@H]1O[C@H](COC(=O)c2ccccc2)[C@H](OC(=O)c2ccccc2)[C@H](OCCO)[C@H]1OC(=O)c1ccccc1. The lowest BCUT2D eigenvalue weighted by Crippen LogP contribution is -2.62. The first-order valence-corrected chi connectivity index (χ1v) is 12.7. The largest absolute Gasteiger partial charge is 0.459 e. The number of carbonyl (C=O) groups excluding carboxylic acids is 3. The standard InChI is InChI=1S/C30H30O10/c1-35-30-26(40-29(34)22-15-9-4-10-16-22)25(36-18-17-31)24(39-28(33)21-13-7-3-8-14-21)23(38-30)19-37-27(32)20-11-5-2-6-12-20/h2-16,23-26,30-31H,17-19H2,1H3/t23-,24+,25+,26-,30+/m1/s1. The molecular weight excluding hydrogens is 520 g/mol. The van der Waals surface area contributed by atoms with Crippen molar-refractivity contribution in [2.75, 3.05) is 26.9 Å². The van der Waals surface area contributed by atoms with Gasteiger partial charge < -0.3 is 33.5 Å². The first kappa shape index (κ1) is 28.9. The first-order chi connectivity index (χ1) is 19.5. The number of rotatable bonds is 11. The van der Waals surface area contributed by atoms with Crippen LogP contribution in [0.4, 0.5) is 0 Å². The van der Waals surface area contributed by atoms with Crippen LogP contribution < -0.4 is 0 Å². The van der Waals surface area contributed by atoms with E-state index in [-0.39, 0.29) is 30.9 Å². The molecule has 1 fully saturated rings. The molecule has 1 N–H and O–H groups in total. The third-order valence-corrected chi connectivity index (χ3v) is 6.12. The lowest BCUT2D eigenvalue weighted by Gasteiger charge is -2.44. The molecule has 0 spiro atoms. The zero-order chi connectivity index (χ0) is 28.3. The highest BCUT2D eigenvalue weighted by atomic mass is 16.7. The van der Waals surface area contributed by atoms with E-state index in [4.69, 9.17) is 28.4 Å². The van der Waals surface area contributed by atoms with Gasteiger partial charge in [-0.3, -0.25) is 0 Å². The van der Waals surface area contributed by atoms with E-state index in [0.717, 1.165) is 0 Å². The Bertz CT molecular complexity index is 1240. The van der Waals surface area contributed by atoms with E-state index in [1.165, 1.54) is 7.11 Å². The molecule has 3 aromatic carbocycles. The number of methoxy groups -OCH3 is 1. The van der Waals surface area contributed by atoms with Crippen molar-refractivity contribution in [1.29, 1.82) is 0 Å². The van der Waals surface area contributed by atoms with E-state index in [1.54, 1.807) is 91.0 Å². The van der Waals surface area contributed by atoms with Crippen molar-refractivity contribution < 1.29 is 47.9 Å². The summed E-state index contributed by atoms with van der Waals surface area (Å²) in [6.45, 7) is -0.865. The second kappa shape index (κ2) is 14.3. The van der Waals surface area contributed by atoms with Crippen molar-refractivity contribution in [2.24, 2.45) is 0 Å². The molecule has 210 valence electrons. The van der Waals surface area contributed by atoms with Gasteiger partial charge in [0.2, 0.25) is 0 Å². The molecule has 40 heavy (non-hydrogen) atoms. The Balaban J connectivity index is 1.63. The Morgan fingerprint density at radius 1 is 0.700 bits per heavy atom. The molecule has 0 amide bonds. The van der Waals surface area contributed by atoms with Gasteiger partial charge in [0.05, 0.1) is 29.9 Å². The van der Waals surface area contributed by atoms with Gasteiger partial charge in [-0.25, -0.2) is 14.4 Å². The summed E-state index contributed by atoms with van der Waals surface area (Å²) in [5.74, 6) is -2.00. The fraction of sp³-hybridized carbons (Fsp3) is 0.300. The summed E-state index contributed by atoms with van der Waals surface area (Å²) in [7, 11) is 1.35. The van der Waals surface area contributed by atoms with Gasteiger partial charge in [0, 0.05) is 7.11 Å². The summed E-state index contributed by atoms with van der Waals surface area (Å²) < 4.78 is 34.5. The molecule has 3 aromatic rings. The number of esters is 3. The number of benzene rings is 3. The third-order valence-electron chi connectivity index (χ3n) is 6.12. The predicted octanol–water partition coefficient (Wildman–Crippen LogP) is 3.04. The molecule has 0 aromatic heterocycles. The van der Waals surface area contributed by atoms with Crippen molar-refractivity contribution in [3.8, 4) is 0 Å². The highest BCUT2D eigenvalue weighted by Crippen LogP contribution is 2.30. The maximum absolute atomic E-state index is 13.1. The molecule has 0 radical (unpaired) electrons. The zero-order valence-corrected chi connectivity index (χ0v) is 21.8. The third kappa shape index (κ3) is 7.30. The van der Waals surface area contributed by atoms with Crippen LogP contribution in [0.15, 0.2) is 91.0 Å².